The second-order valence-corrected chi connectivity index (χ2v) is 5.63. The summed E-state index contributed by atoms with van der Waals surface area (Å²) in [6, 6.07) is 4.11. The van der Waals surface area contributed by atoms with Gasteiger partial charge in [-0.25, -0.2) is 4.39 Å². The van der Waals surface area contributed by atoms with E-state index in [9.17, 15) is 22.4 Å². The largest absolute Gasteiger partial charge is 0.488 e. The Balaban J connectivity index is 2.73. The van der Waals surface area contributed by atoms with E-state index in [1.54, 1.807) is 0 Å². The molecule has 2 atom stereocenters. The summed E-state index contributed by atoms with van der Waals surface area (Å²) in [4.78, 5) is 11.8. The quantitative estimate of drug-likeness (QED) is 0.680. The summed E-state index contributed by atoms with van der Waals surface area (Å²) in [6.45, 7) is 0.152. The van der Waals surface area contributed by atoms with Crippen LogP contribution in [0.15, 0.2) is 18.2 Å². The number of alkyl halides is 4. The number of aliphatic hydroxyl groups excluding tert-OH is 1. The highest BCUT2D eigenvalue weighted by Crippen LogP contribution is 2.32. The fourth-order valence-electron chi connectivity index (χ4n) is 1.90. The van der Waals surface area contributed by atoms with E-state index < -0.39 is 50.2 Å². The second kappa shape index (κ2) is 9.08. The third-order valence-electron chi connectivity index (χ3n) is 3.14. The van der Waals surface area contributed by atoms with Crippen molar-refractivity contribution in [3.8, 4) is 5.75 Å². The van der Waals surface area contributed by atoms with E-state index in [4.69, 9.17) is 21.4 Å². The minimum absolute atomic E-state index is 0.0534. The van der Waals surface area contributed by atoms with E-state index in [0.717, 1.165) is 0 Å². The maximum absolute atomic E-state index is 12.7. The molecule has 24 heavy (non-hydrogen) atoms. The Bertz CT molecular complexity index is 554. The van der Waals surface area contributed by atoms with Crippen LogP contribution in [-0.4, -0.2) is 36.6 Å². The molecular weight excluding hydrogens is 354 g/mol. The fraction of sp³-hybridized carbons (Fsp3) is 0.533. The summed E-state index contributed by atoms with van der Waals surface area (Å²) in [5.74, 6) is -2.54. The molecule has 1 aromatic rings. The third kappa shape index (κ3) is 6.52. The van der Waals surface area contributed by atoms with Gasteiger partial charge in [-0.15, -0.1) is 0 Å². The van der Waals surface area contributed by atoms with Gasteiger partial charge >= 0.3 is 6.18 Å². The highest BCUT2D eigenvalue weighted by atomic mass is 35.5. The van der Waals surface area contributed by atoms with Crippen LogP contribution in [0.4, 0.5) is 23.2 Å². The number of rotatable bonds is 8. The molecule has 1 aromatic carbocycles. The molecule has 4 nitrogen and oxygen atoms in total. The van der Waals surface area contributed by atoms with Gasteiger partial charge in [0.25, 0.3) is 0 Å². The summed E-state index contributed by atoms with van der Waals surface area (Å²) >= 11 is 5.94. The Hall–Kier alpha value is -1.54. The number of hydrogen-bond acceptors (Lipinski definition) is 3. The molecule has 9 heteroatoms. The predicted octanol–water partition coefficient (Wildman–Crippen LogP) is 3.97. The van der Waals surface area contributed by atoms with Crippen LogP contribution in [0.25, 0.3) is 0 Å². The first-order valence-electron chi connectivity index (χ1n) is 7.17. The number of halogens is 5. The van der Waals surface area contributed by atoms with Gasteiger partial charge in [-0.1, -0.05) is 11.6 Å². The first-order chi connectivity index (χ1) is 11.2. The number of benzene rings is 1. The Kier molecular flexibility index (Phi) is 7.75. The topological polar surface area (TPSA) is 58.6 Å². The second-order valence-electron chi connectivity index (χ2n) is 5.23. The van der Waals surface area contributed by atoms with Gasteiger partial charge in [0, 0.05) is 19.1 Å². The van der Waals surface area contributed by atoms with Gasteiger partial charge in [0.15, 0.2) is 0 Å². The highest BCUT2D eigenvalue weighted by Gasteiger charge is 2.40. The van der Waals surface area contributed by atoms with Crippen molar-refractivity contribution in [2.24, 2.45) is 5.92 Å². The lowest BCUT2D eigenvalue weighted by Crippen LogP contribution is -2.29. The van der Waals surface area contributed by atoms with Gasteiger partial charge in [-0.05, 0) is 25.5 Å². The molecule has 0 aliphatic heterocycles. The molecule has 1 rings (SSSR count). The zero-order valence-electron chi connectivity index (χ0n) is 12.9. The van der Waals surface area contributed by atoms with Crippen LogP contribution in [0, 0.1) is 5.92 Å². The molecule has 2 N–H and O–H groups in total. The lowest BCUT2D eigenvalue weighted by atomic mass is 10.0. The lowest BCUT2D eigenvalue weighted by molar-refractivity contribution is -0.181. The lowest BCUT2D eigenvalue weighted by Gasteiger charge is -2.19. The Labute approximate surface area is 141 Å². The molecule has 136 valence electrons. The maximum Gasteiger partial charge on any atom is 0.392 e. The van der Waals surface area contributed by atoms with Crippen molar-refractivity contribution in [1.82, 2.24) is 0 Å². The number of hydrogen-bond donors (Lipinski definition) is 2. The fourth-order valence-corrected chi connectivity index (χ4v) is 2.11. The van der Waals surface area contributed by atoms with Crippen LogP contribution in [0.1, 0.15) is 19.8 Å². The number of ether oxygens (including phenoxy) is 1. The monoisotopic (exact) mass is 371 g/mol. The van der Waals surface area contributed by atoms with Gasteiger partial charge in [0.2, 0.25) is 5.91 Å². The van der Waals surface area contributed by atoms with Gasteiger partial charge in [0.05, 0.1) is 16.6 Å². The molecular formula is C15H18ClF4NO3. The van der Waals surface area contributed by atoms with E-state index in [0.29, 0.717) is 0 Å². The van der Waals surface area contributed by atoms with Gasteiger partial charge < -0.3 is 15.2 Å². The average Bonchev–Trinajstić information content (AvgIpc) is 2.48. The Morgan fingerprint density at radius 3 is 2.58 bits per heavy atom. The summed E-state index contributed by atoms with van der Waals surface area (Å²) in [7, 11) is 0. The molecule has 0 fully saturated rings. The first-order valence-corrected chi connectivity index (χ1v) is 7.54. The van der Waals surface area contributed by atoms with Crippen molar-refractivity contribution in [2.75, 3.05) is 18.6 Å². The van der Waals surface area contributed by atoms with Crippen molar-refractivity contribution >= 4 is 23.2 Å². The predicted molar refractivity (Wildman–Crippen MR) is 82.0 cm³/mol. The summed E-state index contributed by atoms with van der Waals surface area (Å²) in [5, 5.41) is 11.0. The molecule has 0 saturated carbocycles. The van der Waals surface area contributed by atoms with Gasteiger partial charge in [0.1, 0.15) is 18.5 Å². The summed E-state index contributed by atoms with van der Waals surface area (Å²) in [5.41, 5.74) is 0.117. The van der Waals surface area contributed by atoms with Crippen LogP contribution in [0.5, 0.6) is 5.75 Å². The van der Waals surface area contributed by atoms with Crippen LogP contribution in [0.2, 0.25) is 5.02 Å². The van der Waals surface area contributed by atoms with Crippen molar-refractivity contribution in [3.63, 3.8) is 0 Å². The average molecular weight is 372 g/mol. The Morgan fingerprint density at radius 2 is 2.08 bits per heavy atom. The van der Waals surface area contributed by atoms with Gasteiger partial charge in [-0.3, -0.25) is 4.79 Å². The molecule has 0 radical (unpaired) electrons. The third-order valence-corrected chi connectivity index (χ3v) is 3.45. The van der Waals surface area contributed by atoms with E-state index in [1.165, 1.54) is 25.1 Å². The number of aliphatic hydroxyl groups is 1. The molecule has 0 aliphatic rings. The molecule has 0 heterocycles. The minimum atomic E-state index is -4.58. The number of anilines is 1. The SMILES string of the molecule is CC(CF)Oc1ccc(NC(=O)CC(CCO)C(F)(F)F)c(Cl)c1. The van der Waals surface area contributed by atoms with Crippen molar-refractivity contribution in [1.29, 1.82) is 0 Å². The van der Waals surface area contributed by atoms with Crippen LogP contribution in [0.3, 0.4) is 0 Å². The molecule has 1 amide bonds. The normalized spacial score (nSPS) is 14.1. The van der Waals surface area contributed by atoms with Crippen molar-refractivity contribution in [2.45, 2.75) is 32.0 Å². The van der Waals surface area contributed by atoms with Gasteiger partial charge in [-0.2, -0.15) is 13.2 Å². The van der Waals surface area contributed by atoms with E-state index >= 15 is 0 Å². The molecule has 0 bridgehead atoms. The zero-order chi connectivity index (χ0) is 18.3. The zero-order valence-corrected chi connectivity index (χ0v) is 13.6. The van der Waals surface area contributed by atoms with E-state index in [-0.39, 0.29) is 16.5 Å². The molecule has 0 aromatic heterocycles. The number of carbonyl (C=O) groups excluding carboxylic acids is 1. The smallest absolute Gasteiger partial charge is 0.392 e. The highest BCUT2D eigenvalue weighted by molar-refractivity contribution is 6.33. The summed E-state index contributed by atoms with van der Waals surface area (Å²) in [6.07, 6.45) is -6.63. The summed E-state index contributed by atoms with van der Waals surface area (Å²) < 4.78 is 55.8. The number of amides is 1. The first kappa shape index (κ1) is 20.5. The maximum atomic E-state index is 12.7. The molecule has 0 spiro atoms. The molecule has 0 aliphatic carbocycles. The van der Waals surface area contributed by atoms with Crippen molar-refractivity contribution in [3.05, 3.63) is 23.2 Å². The number of nitrogens with one attached hydrogen (secondary N) is 1. The standard InChI is InChI=1S/C15H18ClF4NO3/c1-9(8-17)24-11-2-3-13(12(16)7-11)21-14(23)6-10(4-5-22)15(18,19)20/h2-3,7,9-10,22H,4-6,8H2,1H3,(H,21,23). The van der Waals surface area contributed by atoms with E-state index in [1.807, 2.05) is 0 Å². The van der Waals surface area contributed by atoms with Crippen molar-refractivity contribution < 1.29 is 32.2 Å². The Morgan fingerprint density at radius 1 is 1.42 bits per heavy atom. The van der Waals surface area contributed by atoms with Crippen LogP contribution >= 0.6 is 11.6 Å². The van der Waals surface area contributed by atoms with Crippen LogP contribution < -0.4 is 10.1 Å². The molecule has 2 unspecified atom stereocenters. The minimum Gasteiger partial charge on any atom is -0.488 e. The van der Waals surface area contributed by atoms with E-state index in [2.05, 4.69) is 5.32 Å². The molecule has 0 saturated heterocycles. The number of carbonyl (C=O) groups is 1. The van der Waals surface area contributed by atoms with Crippen LogP contribution in [-0.2, 0) is 4.79 Å².